The summed E-state index contributed by atoms with van der Waals surface area (Å²) >= 11 is 0. The van der Waals surface area contributed by atoms with E-state index in [0.29, 0.717) is 17.5 Å². The van der Waals surface area contributed by atoms with Gasteiger partial charge in [-0.3, -0.25) is 14.3 Å². The van der Waals surface area contributed by atoms with Gasteiger partial charge < -0.3 is 4.74 Å². The molecular formula is C19H18N2O3. The van der Waals surface area contributed by atoms with E-state index in [-0.39, 0.29) is 12.3 Å². The molecule has 122 valence electrons. The number of hydrogen-bond acceptors (Lipinski definition) is 3. The van der Waals surface area contributed by atoms with E-state index in [0.717, 1.165) is 11.1 Å². The van der Waals surface area contributed by atoms with Crippen LogP contribution in [0.1, 0.15) is 12.5 Å². The van der Waals surface area contributed by atoms with Crippen LogP contribution in [0.4, 0.5) is 0 Å². The van der Waals surface area contributed by atoms with Gasteiger partial charge in [0, 0.05) is 0 Å². The molecular weight excluding hydrogens is 304 g/mol. The van der Waals surface area contributed by atoms with Crippen LogP contribution >= 0.6 is 0 Å². The molecule has 0 amide bonds. The Kier molecular flexibility index (Phi) is 4.72. The van der Waals surface area contributed by atoms with Crippen molar-refractivity contribution in [2.24, 2.45) is 0 Å². The van der Waals surface area contributed by atoms with Crippen molar-refractivity contribution in [3.63, 3.8) is 0 Å². The number of para-hydroxylation sites is 1. The number of hydrogen-bond donors (Lipinski definition) is 1. The summed E-state index contributed by atoms with van der Waals surface area (Å²) in [5.74, 6) is 0. The molecule has 1 heterocycles. The fourth-order valence-electron chi connectivity index (χ4n) is 2.54. The highest BCUT2D eigenvalue weighted by Crippen LogP contribution is 2.09. The summed E-state index contributed by atoms with van der Waals surface area (Å²) in [6.07, 6.45) is 2.04. The van der Waals surface area contributed by atoms with Crippen LogP contribution in [0.25, 0.3) is 17.0 Å². The molecule has 2 aromatic carbocycles. The van der Waals surface area contributed by atoms with Gasteiger partial charge in [-0.15, -0.1) is 0 Å². The molecule has 0 fully saturated rings. The second-order valence-electron chi connectivity index (χ2n) is 5.58. The van der Waals surface area contributed by atoms with E-state index < -0.39 is 5.69 Å². The maximum atomic E-state index is 12.0. The predicted octanol–water partition coefficient (Wildman–Crippen LogP) is 2.77. The molecule has 24 heavy (non-hydrogen) atoms. The lowest BCUT2D eigenvalue weighted by Crippen LogP contribution is -2.31. The van der Waals surface area contributed by atoms with Gasteiger partial charge in [0.05, 0.1) is 17.5 Å². The molecule has 0 aliphatic rings. The number of nitrogens with one attached hydrogen (secondary N) is 1. The standard InChI is InChI=1S/C19H18N2O3/c1-14(11-15-7-3-2-4-8-15)12-24-13-21-17-10-6-5-9-16(17)18(22)20-19(21)23/h2-11H,12-13H2,1H3,(H,20,22,23)/b14-11+. The fraction of sp³-hybridized carbons (Fsp3) is 0.158. The van der Waals surface area contributed by atoms with Crippen molar-refractivity contribution < 1.29 is 4.74 Å². The van der Waals surface area contributed by atoms with Crippen LogP contribution in [-0.4, -0.2) is 16.2 Å². The zero-order valence-electron chi connectivity index (χ0n) is 13.4. The number of fused-ring (bicyclic) bond motifs is 1. The first-order valence-electron chi connectivity index (χ1n) is 7.67. The molecule has 0 saturated carbocycles. The zero-order valence-corrected chi connectivity index (χ0v) is 13.4. The number of ether oxygens (including phenoxy) is 1. The van der Waals surface area contributed by atoms with Crippen molar-refractivity contribution >= 4 is 17.0 Å². The third-order valence-electron chi connectivity index (χ3n) is 3.67. The molecule has 5 nitrogen and oxygen atoms in total. The van der Waals surface area contributed by atoms with E-state index in [1.54, 1.807) is 24.3 Å². The van der Waals surface area contributed by atoms with Crippen molar-refractivity contribution in [2.45, 2.75) is 13.7 Å². The Morgan fingerprint density at radius 1 is 1.08 bits per heavy atom. The third-order valence-corrected chi connectivity index (χ3v) is 3.67. The first-order valence-corrected chi connectivity index (χ1v) is 7.67. The van der Waals surface area contributed by atoms with E-state index in [2.05, 4.69) is 4.98 Å². The van der Waals surface area contributed by atoms with Crippen LogP contribution in [0, 0.1) is 0 Å². The largest absolute Gasteiger partial charge is 0.356 e. The molecule has 1 N–H and O–H groups in total. The Hall–Kier alpha value is -2.92. The van der Waals surface area contributed by atoms with Gasteiger partial charge in [0.1, 0.15) is 6.73 Å². The van der Waals surface area contributed by atoms with Crippen LogP contribution < -0.4 is 11.2 Å². The summed E-state index contributed by atoms with van der Waals surface area (Å²) in [6.45, 7) is 2.45. The third kappa shape index (κ3) is 3.52. The van der Waals surface area contributed by atoms with Crippen LogP contribution in [-0.2, 0) is 11.5 Å². The lowest BCUT2D eigenvalue weighted by atomic mass is 10.1. The van der Waals surface area contributed by atoms with Crippen LogP contribution in [0.2, 0.25) is 0 Å². The molecule has 0 spiro atoms. The SMILES string of the molecule is C/C(=C\c1ccccc1)COCn1c(=O)[nH]c(=O)c2ccccc21. The molecule has 0 saturated heterocycles. The molecule has 0 bridgehead atoms. The molecule has 0 radical (unpaired) electrons. The number of aromatic nitrogens is 2. The molecule has 3 aromatic rings. The maximum absolute atomic E-state index is 12.0. The number of nitrogens with zero attached hydrogens (tertiary/aromatic N) is 1. The van der Waals surface area contributed by atoms with E-state index >= 15 is 0 Å². The summed E-state index contributed by atoms with van der Waals surface area (Å²) in [5.41, 5.74) is 1.86. The Balaban J connectivity index is 1.76. The van der Waals surface area contributed by atoms with Crippen LogP contribution in [0.3, 0.4) is 0 Å². The minimum Gasteiger partial charge on any atom is -0.356 e. The smallest absolute Gasteiger partial charge is 0.330 e. The summed E-state index contributed by atoms with van der Waals surface area (Å²) in [5, 5.41) is 0.470. The minimum atomic E-state index is -0.469. The van der Waals surface area contributed by atoms with Gasteiger partial charge in [-0.05, 0) is 30.2 Å². The Bertz CT molecular complexity index is 985. The summed E-state index contributed by atoms with van der Waals surface area (Å²) in [6, 6.07) is 16.9. The highest BCUT2D eigenvalue weighted by molar-refractivity contribution is 5.77. The van der Waals surface area contributed by atoms with E-state index in [1.807, 2.05) is 43.3 Å². The lowest BCUT2D eigenvalue weighted by Gasteiger charge is -2.10. The van der Waals surface area contributed by atoms with Gasteiger partial charge in [-0.2, -0.15) is 0 Å². The second kappa shape index (κ2) is 7.10. The average Bonchev–Trinajstić information content (AvgIpc) is 2.59. The minimum absolute atomic E-state index is 0.0795. The van der Waals surface area contributed by atoms with E-state index in [4.69, 9.17) is 4.74 Å². The molecule has 0 aliphatic heterocycles. The highest BCUT2D eigenvalue weighted by atomic mass is 16.5. The number of H-pyrrole nitrogens is 1. The quantitative estimate of drug-likeness (QED) is 0.785. The van der Waals surface area contributed by atoms with Gasteiger partial charge in [0.25, 0.3) is 5.56 Å². The molecule has 0 atom stereocenters. The monoisotopic (exact) mass is 322 g/mol. The normalized spacial score (nSPS) is 11.8. The second-order valence-corrected chi connectivity index (χ2v) is 5.58. The predicted molar refractivity (Wildman–Crippen MR) is 94.9 cm³/mol. The van der Waals surface area contributed by atoms with Crippen molar-refractivity contribution in [3.05, 3.63) is 86.6 Å². The fourth-order valence-corrected chi connectivity index (χ4v) is 2.54. The van der Waals surface area contributed by atoms with Gasteiger partial charge in [0.2, 0.25) is 0 Å². The molecule has 0 aliphatic carbocycles. The first kappa shape index (κ1) is 16.0. The number of aromatic amines is 1. The van der Waals surface area contributed by atoms with Gasteiger partial charge in [-0.25, -0.2) is 4.79 Å². The topological polar surface area (TPSA) is 64.1 Å². The van der Waals surface area contributed by atoms with Crippen molar-refractivity contribution in [1.82, 2.24) is 9.55 Å². The van der Waals surface area contributed by atoms with Gasteiger partial charge >= 0.3 is 5.69 Å². The Labute approximate surface area is 138 Å². The van der Waals surface area contributed by atoms with E-state index in [9.17, 15) is 9.59 Å². The van der Waals surface area contributed by atoms with Crippen molar-refractivity contribution in [3.8, 4) is 0 Å². The Morgan fingerprint density at radius 2 is 1.79 bits per heavy atom. The summed E-state index contributed by atoms with van der Waals surface area (Å²) in [4.78, 5) is 26.2. The number of rotatable bonds is 5. The lowest BCUT2D eigenvalue weighted by molar-refractivity contribution is 0.0952. The summed E-state index contributed by atoms with van der Waals surface area (Å²) < 4.78 is 7.08. The van der Waals surface area contributed by atoms with Crippen molar-refractivity contribution in [1.29, 1.82) is 0 Å². The number of benzene rings is 2. The molecule has 0 unspecified atom stereocenters. The first-order chi connectivity index (χ1) is 11.6. The van der Waals surface area contributed by atoms with Gasteiger partial charge in [0.15, 0.2) is 0 Å². The van der Waals surface area contributed by atoms with Crippen molar-refractivity contribution in [2.75, 3.05) is 6.61 Å². The molecule has 5 heteroatoms. The molecule has 3 rings (SSSR count). The van der Waals surface area contributed by atoms with Crippen LogP contribution in [0.5, 0.6) is 0 Å². The van der Waals surface area contributed by atoms with E-state index in [1.165, 1.54) is 4.57 Å². The Morgan fingerprint density at radius 3 is 2.58 bits per heavy atom. The average molecular weight is 322 g/mol. The van der Waals surface area contributed by atoms with Gasteiger partial charge in [-0.1, -0.05) is 48.5 Å². The summed E-state index contributed by atoms with van der Waals surface area (Å²) in [7, 11) is 0. The highest BCUT2D eigenvalue weighted by Gasteiger charge is 2.06. The maximum Gasteiger partial charge on any atom is 0.330 e. The van der Waals surface area contributed by atoms with Crippen LogP contribution in [0.15, 0.2) is 69.8 Å². The zero-order chi connectivity index (χ0) is 16.9. The molecule has 1 aromatic heterocycles.